The molecule has 0 radical (unpaired) electrons. The molecule has 3 saturated carbocycles. The SMILES string of the molecule is CCC(C)N1C[C@@H]2C[C@H]3[C@@H]4CCC5=CC(=O)C=C[C@]5(C)[C@@]4(F)[C@@H](O)C[C@]3(C)[C@]2(C(=O)CO)O1. The number of ketones is 2. The van der Waals surface area contributed by atoms with Crippen LogP contribution in [0.25, 0.3) is 0 Å². The minimum absolute atomic E-state index is 0.0753. The fourth-order valence-corrected chi connectivity index (χ4v) is 8.37. The van der Waals surface area contributed by atoms with Gasteiger partial charge in [-0.05, 0) is 64.0 Å². The molecule has 6 nitrogen and oxygen atoms in total. The van der Waals surface area contributed by atoms with Crippen LogP contribution in [-0.2, 0) is 14.4 Å². The first kappa shape index (κ1) is 23.3. The van der Waals surface area contributed by atoms with E-state index in [1.54, 1.807) is 13.0 Å². The molecule has 5 rings (SSSR count). The van der Waals surface area contributed by atoms with Crippen LogP contribution >= 0.6 is 0 Å². The van der Waals surface area contributed by atoms with E-state index in [1.165, 1.54) is 12.2 Å². The smallest absolute Gasteiger partial charge is 0.192 e. The Morgan fingerprint density at radius 1 is 1.36 bits per heavy atom. The van der Waals surface area contributed by atoms with Crippen molar-refractivity contribution in [3.8, 4) is 0 Å². The Hall–Kier alpha value is -1.41. The lowest BCUT2D eigenvalue weighted by molar-refractivity contribution is -0.273. The first-order valence-electron chi connectivity index (χ1n) is 12.4. The zero-order valence-corrected chi connectivity index (χ0v) is 20.0. The van der Waals surface area contributed by atoms with Crippen LogP contribution in [-0.4, -0.2) is 63.4 Å². The second-order valence-corrected chi connectivity index (χ2v) is 11.5. The van der Waals surface area contributed by atoms with Gasteiger partial charge in [0.15, 0.2) is 22.8 Å². The third-order valence-electron chi connectivity index (χ3n) is 10.3. The molecule has 4 aliphatic carbocycles. The molecular formula is C26H36FNO5. The predicted octanol–water partition coefficient (Wildman–Crippen LogP) is 2.93. The number of alkyl halides is 1. The highest BCUT2D eigenvalue weighted by Gasteiger charge is 2.78. The van der Waals surface area contributed by atoms with E-state index in [4.69, 9.17) is 4.84 Å². The molecule has 33 heavy (non-hydrogen) atoms. The number of halogens is 1. The van der Waals surface area contributed by atoms with Crippen molar-refractivity contribution in [2.75, 3.05) is 13.2 Å². The minimum atomic E-state index is -1.93. The van der Waals surface area contributed by atoms with Crippen molar-refractivity contribution < 1.29 is 29.0 Å². The number of fused-ring (bicyclic) bond motifs is 7. The number of allylic oxidation sites excluding steroid dienone is 4. The van der Waals surface area contributed by atoms with Gasteiger partial charge in [0.2, 0.25) is 0 Å². The number of aliphatic hydroxyl groups is 2. The Morgan fingerprint density at radius 3 is 2.76 bits per heavy atom. The molecule has 1 unspecified atom stereocenters. The van der Waals surface area contributed by atoms with E-state index in [2.05, 4.69) is 6.92 Å². The van der Waals surface area contributed by atoms with E-state index < -0.39 is 40.7 Å². The largest absolute Gasteiger partial charge is 0.390 e. The van der Waals surface area contributed by atoms with Gasteiger partial charge in [-0.25, -0.2) is 4.39 Å². The maximum Gasteiger partial charge on any atom is 0.192 e. The van der Waals surface area contributed by atoms with Gasteiger partial charge in [-0.1, -0.05) is 25.5 Å². The molecule has 0 bridgehead atoms. The Labute approximate surface area is 194 Å². The van der Waals surface area contributed by atoms with Gasteiger partial charge in [0.25, 0.3) is 0 Å². The molecular weight excluding hydrogens is 425 g/mol. The van der Waals surface area contributed by atoms with Gasteiger partial charge in [-0.15, -0.1) is 0 Å². The van der Waals surface area contributed by atoms with Gasteiger partial charge in [0.1, 0.15) is 6.61 Å². The summed E-state index contributed by atoms with van der Waals surface area (Å²) in [6.45, 7) is 7.79. The quantitative estimate of drug-likeness (QED) is 0.670. The molecule has 0 spiro atoms. The van der Waals surface area contributed by atoms with Gasteiger partial charge in [0.05, 0.1) is 6.10 Å². The number of hydrogen-bond donors (Lipinski definition) is 2. The van der Waals surface area contributed by atoms with Gasteiger partial charge in [-0.3, -0.25) is 14.4 Å². The first-order chi connectivity index (χ1) is 15.5. The van der Waals surface area contributed by atoms with Crippen molar-refractivity contribution in [1.29, 1.82) is 0 Å². The maximum atomic E-state index is 17.3. The molecule has 1 aliphatic heterocycles. The fourth-order valence-electron chi connectivity index (χ4n) is 8.37. The number of Topliss-reactive ketones (excluding diaryl/α,β-unsaturated/α-hetero) is 1. The monoisotopic (exact) mass is 461 g/mol. The van der Waals surface area contributed by atoms with E-state index in [9.17, 15) is 19.8 Å². The zero-order chi connectivity index (χ0) is 24.0. The van der Waals surface area contributed by atoms with Crippen LogP contribution < -0.4 is 0 Å². The van der Waals surface area contributed by atoms with Crippen LogP contribution in [0.5, 0.6) is 0 Å². The van der Waals surface area contributed by atoms with Crippen molar-refractivity contribution in [3.05, 3.63) is 23.8 Å². The van der Waals surface area contributed by atoms with E-state index in [-0.39, 0.29) is 35.9 Å². The topological polar surface area (TPSA) is 87.1 Å². The van der Waals surface area contributed by atoms with Gasteiger partial charge in [-0.2, -0.15) is 5.06 Å². The molecule has 5 aliphatic rings. The fraction of sp³-hybridized carbons (Fsp3) is 0.769. The van der Waals surface area contributed by atoms with Crippen LogP contribution in [0.15, 0.2) is 23.8 Å². The summed E-state index contributed by atoms with van der Waals surface area (Å²) in [5.41, 5.74) is -4.30. The molecule has 1 heterocycles. The Morgan fingerprint density at radius 2 is 2.09 bits per heavy atom. The van der Waals surface area contributed by atoms with Gasteiger partial charge < -0.3 is 10.2 Å². The zero-order valence-electron chi connectivity index (χ0n) is 20.0. The highest BCUT2D eigenvalue weighted by Crippen LogP contribution is 2.72. The van der Waals surface area contributed by atoms with Crippen LogP contribution in [0.2, 0.25) is 0 Å². The van der Waals surface area contributed by atoms with Crippen LogP contribution in [0.4, 0.5) is 4.39 Å². The van der Waals surface area contributed by atoms with E-state index >= 15 is 4.39 Å². The summed E-state index contributed by atoms with van der Waals surface area (Å²) in [6.07, 6.45) is 5.93. The van der Waals surface area contributed by atoms with Gasteiger partial charge >= 0.3 is 0 Å². The van der Waals surface area contributed by atoms with Crippen LogP contribution in [0.3, 0.4) is 0 Å². The van der Waals surface area contributed by atoms with Crippen molar-refractivity contribution in [2.24, 2.45) is 28.6 Å². The molecule has 1 saturated heterocycles. The lowest BCUT2D eigenvalue weighted by Gasteiger charge is -2.62. The highest BCUT2D eigenvalue weighted by molar-refractivity contribution is 6.01. The lowest BCUT2D eigenvalue weighted by Crippen LogP contribution is -2.69. The molecule has 0 aromatic heterocycles. The van der Waals surface area contributed by atoms with E-state index in [1.807, 2.05) is 18.9 Å². The van der Waals surface area contributed by atoms with Crippen LogP contribution in [0, 0.1) is 28.6 Å². The van der Waals surface area contributed by atoms with Gasteiger partial charge in [0, 0.05) is 35.3 Å². The molecule has 4 fully saturated rings. The standard InChI is InChI=1S/C26H36FNO5/c1-5-15(2)28-13-17-11-20-19-7-6-16-10-18(30)8-9-23(16,3)25(19,27)21(31)12-24(20,4)26(17,33-28)22(32)14-29/h8-10,15,17,19-21,29,31H,5-7,11-14H2,1-4H3/t15?,17-,19-,20-,21-,23-,24-,25-,26-/m0/s1. The Balaban J connectivity index is 1.60. The predicted molar refractivity (Wildman–Crippen MR) is 120 cm³/mol. The number of hydroxylamine groups is 2. The lowest BCUT2D eigenvalue weighted by atomic mass is 9.44. The number of nitrogens with zero attached hydrogens (tertiary/aromatic N) is 1. The summed E-state index contributed by atoms with van der Waals surface area (Å²) < 4.78 is 17.3. The van der Waals surface area contributed by atoms with Crippen LogP contribution in [0.1, 0.15) is 59.8 Å². The molecule has 0 aromatic rings. The summed E-state index contributed by atoms with van der Waals surface area (Å²) in [6, 6.07) is 0.112. The number of hydrogen-bond acceptors (Lipinski definition) is 6. The summed E-state index contributed by atoms with van der Waals surface area (Å²) in [5, 5.41) is 23.3. The van der Waals surface area contributed by atoms with Crippen molar-refractivity contribution in [2.45, 2.75) is 83.2 Å². The second-order valence-electron chi connectivity index (χ2n) is 11.5. The Bertz CT molecular complexity index is 949. The van der Waals surface area contributed by atoms with Crippen molar-refractivity contribution >= 4 is 11.6 Å². The third kappa shape index (κ3) is 2.63. The van der Waals surface area contributed by atoms with Crippen molar-refractivity contribution in [1.82, 2.24) is 5.06 Å². The Kier molecular flexibility index (Phi) is 5.16. The summed E-state index contributed by atoms with van der Waals surface area (Å²) >= 11 is 0. The average molecular weight is 462 g/mol. The minimum Gasteiger partial charge on any atom is -0.390 e. The summed E-state index contributed by atoms with van der Waals surface area (Å²) in [7, 11) is 0. The number of carbonyl (C=O) groups excluding carboxylic acids is 2. The molecule has 9 atom stereocenters. The summed E-state index contributed by atoms with van der Waals surface area (Å²) in [5.74, 6) is -1.31. The number of rotatable bonds is 4. The summed E-state index contributed by atoms with van der Waals surface area (Å²) in [4.78, 5) is 31.9. The van der Waals surface area contributed by atoms with E-state index in [0.29, 0.717) is 25.8 Å². The second kappa shape index (κ2) is 7.30. The molecule has 0 amide bonds. The van der Waals surface area contributed by atoms with Crippen molar-refractivity contribution in [3.63, 3.8) is 0 Å². The molecule has 2 N–H and O–H groups in total. The number of carbonyl (C=O) groups is 2. The third-order valence-corrected chi connectivity index (χ3v) is 10.3. The van der Waals surface area contributed by atoms with E-state index in [0.717, 1.165) is 12.0 Å². The normalized spacial score (nSPS) is 49.7. The number of aliphatic hydroxyl groups excluding tert-OH is 2. The first-order valence-corrected chi connectivity index (χ1v) is 12.4. The molecule has 0 aromatic carbocycles. The average Bonchev–Trinajstić information content (AvgIpc) is 3.28. The molecule has 7 heteroatoms. The molecule has 182 valence electrons. The maximum absolute atomic E-state index is 17.3. The highest BCUT2D eigenvalue weighted by atomic mass is 19.1.